The van der Waals surface area contributed by atoms with Gasteiger partial charge in [-0.3, -0.25) is 0 Å². The number of unbranched alkanes of at least 4 members (excludes halogenated alkanes) is 1. The highest BCUT2D eigenvalue weighted by molar-refractivity contribution is 6.30. The first kappa shape index (κ1) is 24.2. The number of hydrogen-bond donors (Lipinski definition) is 4. The lowest BCUT2D eigenvalue weighted by molar-refractivity contribution is -0.159. The Morgan fingerprint density at radius 3 is 2.27 bits per heavy atom. The smallest absolute Gasteiger partial charge is 0.414 e. The predicted molar refractivity (Wildman–Crippen MR) is 102 cm³/mol. The Bertz CT molecular complexity index is 561. The van der Waals surface area contributed by atoms with Gasteiger partial charge >= 0.3 is 11.9 Å². The fourth-order valence-electron chi connectivity index (χ4n) is 1.98. The lowest BCUT2D eigenvalue weighted by Gasteiger charge is -2.23. The van der Waals surface area contributed by atoms with Crippen LogP contribution in [0.3, 0.4) is 0 Å². The fourth-order valence-corrected chi connectivity index (χ4v) is 2.15. The fraction of sp³-hybridized carbons (Fsp3) is 0.556. The number of carboxylic acid groups (broad SMARTS) is 2. The topological polar surface area (TPSA) is 122 Å². The van der Waals surface area contributed by atoms with Gasteiger partial charge in [0, 0.05) is 23.7 Å². The number of nitrogens with two attached hydrogens (primary N) is 1. The lowest BCUT2D eigenvalue weighted by atomic mass is 9.86. The zero-order chi connectivity index (χ0) is 20.2. The van der Waals surface area contributed by atoms with Crippen LogP contribution < -0.4 is 15.8 Å². The van der Waals surface area contributed by atoms with Crippen molar-refractivity contribution >= 4 is 23.5 Å². The number of rotatable bonds is 8. The average molecular weight is 389 g/mol. The van der Waals surface area contributed by atoms with E-state index in [9.17, 15) is 0 Å². The molecule has 0 aromatic heterocycles. The third-order valence-corrected chi connectivity index (χ3v) is 3.49. The molecule has 0 aliphatic rings. The van der Waals surface area contributed by atoms with Crippen LogP contribution in [0.15, 0.2) is 18.2 Å². The third kappa shape index (κ3) is 10.9. The molecular weight excluding hydrogens is 360 g/mol. The molecule has 0 radical (unpaired) electrons. The summed E-state index contributed by atoms with van der Waals surface area (Å²) in [6.45, 7) is 9.80. The van der Waals surface area contributed by atoms with Crippen LogP contribution in [0.25, 0.3) is 0 Å². The summed E-state index contributed by atoms with van der Waals surface area (Å²) in [6.07, 6.45) is 2.13. The van der Waals surface area contributed by atoms with E-state index in [0.717, 1.165) is 48.9 Å². The zero-order valence-electron chi connectivity index (χ0n) is 15.5. The number of nitrogens with one attached hydrogen (secondary N) is 1. The molecule has 26 heavy (non-hydrogen) atoms. The van der Waals surface area contributed by atoms with Gasteiger partial charge in [-0.25, -0.2) is 9.59 Å². The molecule has 0 unspecified atom stereocenters. The molecule has 0 aliphatic carbocycles. The summed E-state index contributed by atoms with van der Waals surface area (Å²) in [5.74, 6) is -2.71. The second-order valence-electron chi connectivity index (χ2n) is 6.60. The third-order valence-electron chi connectivity index (χ3n) is 3.26. The highest BCUT2D eigenvalue weighted by Crippen LogP contribution is 2.33. The van der Waals surface area contributed by atoms with Crippen molar-refractivity contribution in [1.82, 2.24) is 5.32 Å². The quantitative estimate of drug-likeness (QED) is 0.398. The van der Waals surface area contributed by atoms with Gasteiger partial charge in [0.15, 0.2) is 0 Å². The Labute approximate surface area is 159 Å². The molecule has 0 amide bonds. The van der Waals surface area contributed by atoms with E-state index >= 15 is 0 Å². The van der Waals surface area contributed by atoms with E-state index in [4.69, 9.17) is 41.9 Å². The van der Waals surface area contributed by atoms with Crippen LogP contribution >= 0.6 is 11.6 Å². The van der Waals surface area contributed by atoms with Gasteiger partial charge in [0.25, 0.3) is 0 Å². The molecule has 5 N–H and O–H groups in total. The van der Waals surface area contributed by atoms with Crippen LogP contribution in [0.1, 0.15) is 39.2 Å². The highest BCUT2D eigenvalue weighted by atomic mass is 35.5. The Balaban J connectivity index is 0.000000896. The van der Waals surface area contributed by atoms with Gasteiger partial charge in [0.05, 0.1) is 6.61 Å². The molecular formula is C18H29ClN2O5. The minimum atomic E-state index is -1.82. The van der Waals surface area contributed by atoms with Gasteiger partial charge in [0.2, 0.25) is 0 Å². The molecule has 0 saturated heterocycles. The molecule has 1 aromatic rings. The monoisotopic (exact) mass is 388 g/mol. The number of ether oxygens (including phenoxy) is 1. The minimum absolute atomic E-state index is 0.0307. The summed E-state index contributed by atoms with van der Waals surface area (Å²) in [5, 5.41) is 18.8. The van der Waals surface area contributed by atoms with Gasteiger partial charge in [-0.2, -0.15) is 0 Å². The van der Waals surface area contributed by atoms with Crippen molar-refractivity contribution in [2.45, 2.75) is 39.0 Å². The maximum atomic E-state index is 9.10. The standard InChI is InChI=1S/C16H27ClN2O.C2H2O4/c1-16(2,3)14-12-13(17)6-7-15(14)20-11-5-4-9-19-10-8-18;3-1(4)2(5)6/h6-7,12,19H,4-5,8-11,18H2,1-3H3;(H,3,4)(H,5,6). The van der Waals surface area contributed by atoms with Crippen LogP contribution in [0.5, 0.6) is 5.75 Å². The number of carboxylic acids is 2. The summed E-state index contributed by atoms with van der Waals surface area (Å²) in [7, 11) is 0. The first-order valence-corrected chi connectivity index (χ1v) is 8.77. The van der Waals surface area contributed by atoms with Gasteiger partial charge in [0.1, 0.15) is 5.75 Å². The van der Waals surface area contributed by atoms with Crippen molar-refractivity contribution in [1.29, 1.82) is 0 Å². The van der Waals surface area contributed by atoms with E-state index in [1.807, 2.05) is 18.2 Å². The van der Waals surface area contributed by atoms with E-state index in [-0.39, 0.29) is 5.41 Å². The van der Waals surface area contributed by atoms with Crippen LogP contribution in [-0.4, -0.2) is 48.4 Å². The van der Waals surface area contributed by atoms with Crippen LogP contribution in [0.4, 0.5) is 0 Å². The normalized spacial score (nSPS) is 10.7. The molecule has 0 saturated carbocycles. The van der Waals surface area contributed by atoms with Crippen molar-refractivity contribution in [2.75, 3.05) is 26.2 Å². The SMILES string of the molecule is CC(C)(C)c1cc(Cl)ccc1OCCCCNCCN.O=C(O)C(=O)O. The molecule has 8 heteroatoms. The first-order chi connectivity index (χ1) is 12.1. The van der Waals surface area contributed by atoms with Crippen molar-refractivity contribution in [2.24, 2.45) is 5.73 Å². The molecule has 0 atom stereocenters. The molecule has 148 valence electrons. The maximum absolute atomic E-state index is 9.10. The summed E-state index contributed by atoms with van der Waals surface area (Å²) >= 11 is 6.08. The molecule has 1 rings (SSSR count). The first-order valence-electron chi connectivity index (χ1n) is 8.39. The Morgan fingerprint density at radius 2 is 1.77 bits per heavy atom. The summed E-state index contributed by atoms with van der Waals surface area (Å²) in [5.41, 5.74) is 6.61. The summed E-state index contributed by atoms with van der Waals surface area (Å²) < 4.78 is 5.91. The van der Waals surface area contributed by atoms with E-state index < -0.39 is 11.9 Å². The molecule has 0 heterocycles. The Hall–Kier alpha value is -1.83. The second-order valence-corrected chi connectivity index (χ2v) is 7.03. The number of aliphatic carboxylic acids is 2. The van der Waals surface area contributed by atoms with Crippen molar-refractivity contribution in [3.8, 4) is 5.75 Å². The van der Waals surface area contributed by atoms with Gasteiger partial charge in [-0.05, 0) is 43.0 Å². The molecule has 0 fully saturated rings. The van der Waals surface area contributed by atoms with Crippen LogP contribution in [0, 0.1) is 0 Å². The highest BCUT2D eigenvalue weighted by Gasteiger charge is 2.19. The largest absolute Gasteiger partial charge is 0.493 e. The average Bonchev–Trinajstić information content (AvgIpc) is 2.54. The number of benzene rings is 1. The van der Waals surface area contributed by atoms with Crippen molar-refractivity contribution in [3.05, 3.63) is 28.8 Å². The van der Waals surface area contributed by atoms with Gasteiger partial charge in [-0.15, -0.1) is 0 Å². The number of hydrogen-bond acceptors (Lipinski definition) is 5. The molecule has 1 aromatic carbocycles. The predicted octanol–water partition coefficient (Wildman–Crippen LogP) is 2.50. The second kappa shape index (κ2) is 12.5. The lowest BCUT2D eigenvalue weighted by Crippen LogP contribution is -2.23. The van der Waals surface area contributed by atoms with E-state index in [1.165, 1.54) is 0 Å². The zero-order valence-corrected chi connectivity index (χ0v) is 16.3. The van der Waals surface area contributed by atoms with E-state index in [1.54, 1.807) is 0 Å². The van der Waals surface area contributed by atoms with E-state index in [0.29, 0.717) is 6.54 Å². The van der Waals surface area contributed by atoms with E-state index in [2.05, 4.69) is 26.1 Å². The Kier molecular flexibility index (Phi) is 11.6. The minimum Gasteiger partial charge on any atom is -0.493 e. The van der Waals surface area contributed by atoms with Crippen molar-refractivity contribution in [3.63, 3.8) is 0 Å². The molecule has 0 aliphatic heterocycles. The van der Waals surface area contributed by atoms with Crippen LogP contribution in [0.2, 0.25) is 5.02 Å². The van der Waals surface area contributed by atoms with Gasteiger partial charge < -0.3 is 26.0 Å². The van der Waals surface area contributed by atoms with Crippen molar-refractivity contribution < 1.29 is 24.5 Å². The number of halogens is 1. The Morgan fingerprint density at radius 1 is 1.15 bits per heavy atom. The van der Waals surface area contributed by atoms with Gasteiger partial charge in [-0.1, -0.05) is 32.4 Å². The number of carbonyl (C=O) groups is 2. The molecule has 7 nitrogen and oxygen atoms in total. The van der Waals surface area contributed by atoms with Crippen LogP contribution in [-0.2, 0) is 15.0 Å². The molecule has 0 spiro atoms. The maximum Gasteiger partial charge on any atom is 0.414 e. The molecule has 0 bridgehead atoms. The summed E-state index contributed by atoms with van der Waals surface area (Å²) in [6, 6.07) is 5.85. The summed E-state index contributed by atoms with van der Waals surface area (Å²) in [4.78, 5) is 18.2.